The van der Waals surface area contributed by atoms with Crippen LogP contribution in [0.5, 0.6) is 0 Å². The van der Waals surface area contributed by atoms with Crippen molar-refractivity contribution in [3.05, 3.63) is 81.4 Å². The molecule has 22 heavy (non-hydrogen) atoms. The highest BCUT2D eigenvalue weighted by molar-refractivity contribution is 9.10. The molecule has 106 valence electrons. The van der Waals surface area contributed by atoms with Crippen LogP contribution in [-0.4, -0.2) is 0 Å². The van der Waals surface area contributed by atoms with Gasteiger partial charge in [0.05, 0.1) is 5.39 Å². The molecule has 0 amide bonds. The molecule has 0 fully saturated rings. The van der Waals surface area contributed by atoms with E-state index >= 15 is 0 Å². The summed E-state index contributed by atoms with van der Waals surface area (Å²) in [4.78, 5) is 12.6. The third-order valence-electron chi connectivity index (χ3n) is 3.76. The van der Waals surface area contributed by atoms with Crippen LogP contribution in [0.1, 0.15) is 0 Å². The summed E-state index contributed by atoms with van der Waals surface area (Å²) in [6, 6.07) is 21.0. The van der Waals surface area contributed by atoms with E-state index in [-0.39, 0.29) is 5.43 Å². The average molecular weight is 351 g/mol. The van der Waals surface area contributed by atoms with Crippen molar-refractivity contribution in [2.24, 2.45) is 0 Å². The van der Waals surface area contributed by atoms with E-state index in [1.807, 2.05) is 60.7 Å². The summed E-state index contributed by atoms with van der Waals surface area (Å²) in [5.41, 5.74) is 1.45. The van der Waals surface area contributed by atoms with Gasteiger partial charge in [0.25, 0.3) is 0 Å². The van der Waals surface area contributed by atoms with Gasteiger partial charge in [0.15, 0.2) is 5.43 Å². The molecule has 0 N–H and O–H groups in total. The lowest BCUT2D eigenvalue weighted by Crippen LogP contribution is -2.01. The van der Waals surface area contributed by atoms with Gasteiger partial charge < -0.3 is 4.42 Å². The summed E-state index contributed by atoms with van der Waals surface area (Å²) < 4.78 is 6.89. The zero-order chi connectivity index (χ0) is 15.1. The molecular formula is C19H11BrO2. The third-order valence-corrected chi connectivity index (χ3v) is 4.45. The van der Waals surface area contributed by atoms with Crippen molar-refractivity contribution in [2.45, 2.75) is 0 Å². The third kappa shape index (κ3) is 2.06. The Bertz CT molecular complexity index is 1060. The standard InChI is InChI=1S/C19H11BrO2/c20-15-8-4-3-7-14(15)18-11-16(21)19-13-6-2-1-5-12(13)9-10-17(19)22-18/h1-11H. The number of hydrogen-bond donors (Lipinski definition) is 0. The molecule has 0 aliphatic heterocycles. The number of hydrogen-bond acceptors (Lipinski definition) is 2. The Labute approximate surface area is 135 Å². The molecule has 1 aromatic heterocycles. The second-order valence-corrected chi connectivity index (χ2v) is 5.97. The van der Waals surface area contributed by atoms with Gasteiger partial charge in [-0.15, -0.1) is 0 Å². The quantitative estimate of drug-likeness (QED) is 0.431. The van der Waals surface area contributed by atoms with Gasteiger partial charge in [0, 0.05) is 16.1 Å². The Morgan fingerprint density at radius 1 is 0.864 bits per heavy atom. The van der Waals surface area contributed by atoms with Gasteiger partial charge in [0.2, 0.25) is 0 Å². The predicted molar refractivity (Wildman–Crippen MR) is 93.1 cm³/mol. The molecule has 0 bridgehead atoms. The molecule has 0 spiro atoms. The van der Waals surface area contributed by atoms with Crippen LogP contribution in [0, 0.1) is 0 Å². The first-order chi connectivity index (χ1) is 10.7. The minimum atomic E-state index is -0.0243. The van der Waals surface area contributed by atoms with Crippen molar-refractivity contribution in [3.63, 3.8) is 0 Å². The molecule has 0 radical (unpaired) electrons. The number of benzene rings is 3. The Hall–Kier alpha value is -2.39. The highest BCUT2D eigenvalue weighted by atomic mass is 79.9. The predicted octanol–water partition coefficient (Wildman–Crippen LogP) is 5.38. The topological polar surface area (TPSA) is 30.2 Å². The monoisotopic (exact) mass is 350 g/mol. The van der Waals surface area contributed by atoms with Crippen molar-refractivity contribution in [3.8, 4) is 11.3 Å². The van der Waals surface area contributed by atoms with Gasteiger partial charge in [-0.2, -0.15) is 0 Å². The number of fused-ring (bicyclic) bond motifs is 3. The van der Waals surface area contributed by atoms with Crippen LogP contribution in [0.2, 0.25) is 0 Å². The van der Waals surface area contributed by atoms with Gasteiger partial charge in [0.1, 0.15) is 11.3 Å². The van der Waals surface area contributed by atoms with Crippen molar-refractivity contribution >= 4 is 37.7 Å². The lowest BCUT2D eigenvalue weighted by molar-refractivity contribution is 0.619. The number of halogens is 1. The van der Waals surface area contributed by atoms with E-state index in [0.717, 1.165) is 20.8 Å². The smallest absolute Gasteiger partial charge is 0.193 e. The highest BCUT2D eigenvalue weighted by Gasteiger charge is 2.11. The maximum absolute atomic E-state index is 12.6. The van der Waals surface area contributed by atoms with Crippen LogP contribution in [0.3, 0.4) is 0 Å². The Kier molecular flexibility index (Phi) is 3.09. The van der Waals surface area contributed by atoms with Crippen molar-refractivity contribution in [2.75, 3.05) is 0 Å². The highest BCUT2D eigenvalue weighted by Crippen LogP contribution is 2.30. The summed E-state index contributed by atoms with van der Waals surface area (Å²) in [5, 5.41) is 2.59. The lowest BCUT2D eigenvalue weighted by atomic mass is 10.0. The molecule has 0 aliphatic rings. The van der Waals surface area contributed by atoms with Crippen LogP contribution >= 0.6 is 15.9 Å². The first kappa shape index (κ1) is 13.3. The van der Waals surface area contributed by atoms with E-state index in [1.54, 1.807) is 6.07 Å². The van der Waals surface area contributed by atoms with Crippen LogP contribution < -0.4 is 5.43 Å². The molecule has 0 unspecified atom stereocenters. The van der Waals surface area contributed by atoms with Gasteiger partial charge in [-0.25, -0.2) is 0 Å². The first-order valence-corrected chi connectivity index (χ1v) is 7.74. The Morgan fingerprint density at radius 2 is 1.64 bits per heavy atom. The molecule has 0 saturated heterocycles. The van der Waals surface area contributed by atoms with Gasteiger partial charge in [-0.1, -0.05) is 64.5 Å². The van der Waals surface area contributed by atoms with Gasteiger partial charge in [-0.3, -0.25) is 4.79 Å². The van der Waals surface area contributed by atoms with Crippen LogP contribution in [0.15, 0.2) is 80.4 Å². The normalized spacial score (nSPS) is 11.1. The molecule has 3 aromatic carbocycles. The molecular weight excluding hydrogens is 340 g/mol. The maximum atomic E-state index is 12.6. The SMILES string of the molecule is O=c1cc(-c2ccccc2Br)oc2ccc3ccccc3c12. The molecule has 4 rings (SSSR count). The van der Waals surface area contributed by atoms with Crippen molar-refractivity contribution in [1.82, 2.24) is 0 Å². The van der Waals surface area contributed by atoms with E-state index in [2.05, 4.69) is 15.9 Å². The van der Waals surface area contributed by atoms with Crippen molar-refractivity contribution in [1.29, 1.82) is 0 Å². The van der Waals surface area contributed by atoms with E-state index in [0.29, 0.717) is 16.7 Å². The molecule has 0 atom stereocenters. The second kappa shape index (κ2) is 5.11. The fourth-order valence-electron chi connectivity index (χ4n) is 2.72. The van der Waals surface area contributed by atoms with E-state index in [4.69, 9.17) is 4.42 Å². The van der Waals surface area contributed by atoms with E-state index in [1.165, 1.54) is 0 Å². The minimum Gasteiger partial charge on any atom is -0.456 e. The first-order valence-electron chi connectivity index (χ1n) is 6.94. The van der Waals surface area contributed by atoms with Crippen molar-refractivity contribution < 1.29 is 4.42 Å². The maximum Gasteiger partial charge on any atom is 0.193 e. The molecule has 3 heteroatoms. The average Bonchev–Trinajstić information content (AvgIpc) is 2.54. The minimum absolute atomic E-state index is 0.0243. The largest absolute Gasteiger partial charge is 0.456 e. The van der Waals surface area contributed by atoms with E-state index in [9.17, 15) is 4.79 Å². The number of rotatable bonds is 1. The zero-order valence-electron chi connectivity index (χ0n) is 11.5. The fourth-order valence-corrected chi connectivity index (χ4v) is 3.20. The molecule has 0 aliphatic carbocycles. The van der Waals surface area contributed by atoms with Crippen LogP contribution in [0.25, 0.3) is 33.1 Å². The molecule has 1 heterocycles. The Morgan fingerprint density at radius 3 is 2.50 bits per heavy atom. The summed E-state index contributed by atoms with van der Waals surface area (Å²) in [7, 11) is 0. The fraction of sp³-hybridized carbons (Fsp3) is 0. The van der Waals surface area contributed by atoms with Crippen LogP contribution in [-0.2, 0) is 0 Å². The summed E-state index contributed by atoms with van der Waals surface area (Å²) >= 11 is 3.50. The molecule has 4 aromatic rings. The summed E-state index contributed by atoms with van der Waals surface area (Å²) in [6.45, 7) is 0. The molecule has 0 saturated carbocycles. The Balaban J connectivity index is 2.08. The second-order valence-electron chi connectivity index (χ2n) is 5.11. The summed E-state index contributed by atoms with van der Waals surface area (Å²) in [5.74, 6) is 0.570. The summed E-state index contributed by atoms with van der Waals surface area (Å²) in [6.07, 6.45) is 0. The zero-order valence-corrected chi connectivity index (χ0v) is 13.1. The van der Waals surface area contributed by atoms with Crippen LogP contribution in [0.4, 0.5) is 0 Å². The van der Waals surface area contributed by atoms with Gasteiger partial charge in [-0.05, 0) is 22.9 Å². The van der Waals surface area contributed by atoms with Gasteiger partial charge >= 0.3 is 0 Å². The molecule has 2 nitrogen and oxygen atoms in total. The van der Waals surface area contributed by atoms with E-state index < -0.39 is 0 Å². The lowest BCUT2D eigenvalue weighted by Gasteiger charge is -2.07.